The van der Waals surface area contributed by atoms with Crippen molar-refractivity contribution in [3.05, 3.63) is 51.8 Å². The Morgan fingerprint density at radius 3 is 2.67 bits per heavy atom. The van der Waals surface area contributed by atoms with Gasteiger partial charge >= 0.3 is 0 Å². The lowest BCUT2D eigenvalue weighted by atomic mass is 10.1. The van der Waals surface area contributed by atoms with Crippen LogP contribution >= 0.6 is 27.5 Å². The maximum atomic E-state index is 14.1. The maximum absolute atomic E-state index is 14.1. The largest absolute Gasteiger partial charge is 0.497 e. The fraction of sp³-hybridized carbons (Fsp3) is 0.0667. The molecule has 0 aliphatic carbocycles. The van der Waals surface area contributed by atoms with Gasteiger partial charge in [0, 0.05) is 15.9 Å². The van der Waals surface area contributed by atoms with E-state index in [1.165, 1.54) is 13.2 Å². The van der Waals surface area contributed by atoms with E-state index in [9.17, 15) is 4.39 Å². The normalized spacial score (nSPS) is 10.9. The van der Waals surface area contributed by atoms with Crippen molar-refractivity contribution in [3.63, 3.8) is 0 Å². The van der Waals surface area contributed by atoms with Gasteiger partial charge in [0.25, 0.3) is 0 Å². The van der Waals surface area contributed by atoms with E-state index < -0.39 is 5.82 Å². The molecule has 3 aromatic rings. The molecule has 0 bridgehead atoms. The Kier molecular flexibility index (Phi) is 3.78. The van der Waals surface area contributed by atoms with Crippen molar-refractivity contribution >= 4 is 38.4 Å². The van der Waals surface area contributed by atoms with Gasteiger partial charge in [-0.05, 0) is 30.3 Å². The van der Waals surface area contributed by atoms with Crippen molar-refractivity contribution in [2.24, 2.45) is 0 Å². The lowest BCUT2D eigenvalue weighted by molar-refractivity contribution is 0.411. The van der Waals surface area contributed by atoms with Gasteiger partial charge < -0.3 is 4.74 Å². The molecule has 1 aromatic heterocycles. The predicted molar refractivity (Wildman–Crippen MR) is 84.2 cm³/mol. The third kappa shape index (κ3) is 2.71. The topological polar surface area (TPSA) is 35.0 Å². The van der Waals surface area contributed by atoms with Gasteiger partial charge in [-0.15, -0.1) is 0 Å². The van der Waals surface area contributed by atoms with Crippen molar-refractivity contribution in [1.29, 1.82) is 0 Å². The third-order valence-electron chi connectivity index (χ3n) is 3.03. The smallest absolute Gasteiger partial charge is 0.164 e. The third-order valence-corrected chi connectivity index (χ3v) is 3.81. The summed E-state index contributed by atoms with van der Waals surface area (Å²) in [5.74, 6) is 0.226. The van der Waals surface area contributed by atoms with E-state index in [4.69, 9.17) is 16.3 Å². The second-order valence-electron chi connectivity index (χ2n) is 4.35. The van der Waals surface area contributed by atoms with Crippen molar-refractivity contribution in [2.45, 2.75) is 0 Å². The molecular formula is C15H9BrClFN2O. The summed E-state index contributed by atoms with van der Waals surface area (Å²) in [4.78, 5) is 8.55. The average Bonchev–Trinajstić information content (AvgIpc) is 2.47. The summed E-state index contributed by atoms with van der Waals surface area (Å²) in [6.07, 6.45) is 0. The van der Waals surface area contributed by atoms with E-state index >= 15 is 0 Å². The minimum atomic E-state index is -0.457. The number of nitrogens with zero attached hydrogens (tertiary/aromatic N) is 2. The lowest BCUT2D eigenvalue weighted by Gasteiger charge is -2.07. The molecule has 0 atom stereocenters. The van der Waals surface area contributed by atoms with Gasteiger partial charge in [-0.2, -0.15) is 0 Å². The van der Waals surface area contributed by atoms with E-state index in [0.717, 1.165) is 4.47 Å². The molecule has 0 unspecified atom stereocenters. The van der Waals surface area contributed by atoms with Crippen LogP contribution in [0.5, 0.6) is 5.75 Å². The Hall–Kier alpha value is -1.72. The molecule has 106 valence electrons. The molecule has 3 rings (SSSR count). The lowest BCUT2D eigenvalue weighted by Crippen LogP contribution is -1.95. The van der Waals surface area contributed by atoms with Crippen molar-refractivity contribution < 1.29 is 9.13 Å². The summed E-state index contributed by atoms with van der Waals surface area (Å²) >= 11 is 9.55. The molecule has 0 aliphatic rings. The number of methoxy groups -OCH3 is 1. The fourth-order valence-electron chi connectivity index (χ4n) is 1.99. The number of aromatic nitrogens is 2. The van der Waals surface area contributed by atoms with Crippen molar-refractivity contribution in [1.82, 2.24) is 9.97 Å². The van der Waals surface area contributed by atoms with Crippen LogP contribution in [0.15, 0.2) is 40.9 Å². The highest BCUT2D eigenvalue weighted by Gasteiger charge is 2.13. The van der Waals surface area contributed by atoms with Gasteiger partial charge in [0.1, 0.15) is 16.7 Å². The van der Waals surface area contributed by atoms with Crippen LogP contribution in [0.2, 0.25) is 5.15 Å². The Morgan fingerprint density at radius 1 is 1.14 bits per heavy atom. The van der Waals surface area contributed by atoms with Gasteiger partial charge in [0.2, 0.25) is 0 Å². The summed E-state index contributed by atoms with van der Waals surface area (Å²) in [6.45, 7) is 0. The van der Waals surface area contributed by atoms with Crippen LogP contribution in [0.4, 0.5) is 4.39 Å². The van der Waals surface area contributed by atoms with Crippen LogP contribution < -0.4 is 4.74 Å². The monoisotopic (exact) mass is 366 g/mol. The van der Waals surface area contributed by atoms with Gasteiger partial charge in [-0.1, -0.05) is 27.5 Å². The van der Waals surface area contributed by atoms with Crippen LogP contribution in [0.25, 0.3) is 22.3 Å². The van der Waals surface area contributed by atoms with Gasteiger partial charge in [-0.3, -0.25) is 0 Å². The van der Waals surface area contributed by atoms with E-state index in [2.05, 4.69) is 25.9 Å². The number of hydrogen-bond acceptors (Lipinski definition) is 3. The average molecular weight is 368 g/mol. The molecule has 1 heterocycles. The zero-order valence-electron chi connectivity index (χ0n) is 10.9. The molecule has 0 amide bonds. The molecule has 0 fully saturated rings. The van der Waals surface area contributed by atoms with Gasteiger partial charge in [-0.25, -0.2) is 14.4 Å². The number of hydrogen-bond donors (Lipinski definition) is 0. The first kappa shape index (κ1) is 14.2. The Balaban J connectivity index is 2.19. The molecular weight excluding hydrogens is 359 g/mol. The predicted octanol–water partition coefficient (Wildman–Crippen LogP) is 4.86. The molecule has 0 aliphatic heterocycles. The highest BCUT2D eigenvalue weighted by molar-refractivity contribution is 9.10. The summed E-state index contributed by atoms with van der Waals surface area (Å²) in [6, 6.07) is 9.99. The minimum Gasteiger partial charge on any atom is -0.497 e. The van der Waals surface area contributed by atoms with Gasteiger partial charge in [0.15, 0.2) is 5.82 Å². The standard InChI is InChI=1S/C15H9BrClFN2O/c1-21-9-3-4-10(12(18)7-9)15-19-13-5-2-8(16)6-11(13)14(17)20-15/h2-7H,1H3. The number of halogens is 3. The molecule has 3 nitrogen and oxygen atoms in total. The van der Waals surface area contributed by atoms with Crippen molar-refractivity contribution in [2.75, 3.05) is 7.11 Å². The highest BCUT2D eigenvalue weighted by atomic mass is 79.9. The van der Waals surface area contributed by atoms with E-state index in [1.54, 1.807) is 18.2 Å². The zero-order chi connectivity index (χ0) is 15.0. The maximum Gasteiger partial charge on any atom is 0.164 e. The van der Waals surface area contributed by atoms with Crippen LogP contribution in [0.3, 0.4) is 0 Å². The molecule has 21 heavy (non-hydrogen) atoms. The first-order valence-electron chi connectivity index (χ1n) is 6.05. The molecule has 0 saturated heterocycles. The summed E-state index contributed by atoms with van der Waals surface area (Å²) in [5, 5.41) is 0.996. The zero-order valence-corrected chi connectivity index (χ0v) is 13.2. The summed E-state index contributed by atoms with van der Waals surface area (Å²) in [7, 11) is 1.48. The molecule has 0 spiro atoms. The van der Waals surface area contributed by atoms with E-state index in [1.807, 2.05) is 12.1 Å². The Labute approximate surface area is 133 Å². The molecule has 0 radical (unpaired) electrons. The minimum absolute atomic E-state index is 0.245. The Morgan fingerprint density at radius 2 is 1.95 bits per heavy atom. The van der Waals surface area contributed by atoms with E-state index in [0.29, 0.717) is 16.7 Å². The number of ether oxygens (including phenoxy) is 1. The van der Waals surface area contributed by atoms with Crippen LogP contribution in [-0.4, -0.2) is 17.1 Å². The van der Waals surface area contributed by atoms with Crippen LogP contribution in [-0.2, 0) is 0 Å². The molecule has 2 aromatic carbocycles. The molecule has 6 heteroatoms. The second-order valence-corrected chi connectivity index (χ2v) is 5.62. The SMILES string of the molecule is COc1ccc(-c2nc(Cl)c3cc(Br)ccc3n2)c(F)c1. The number of fused-ring (bicyclic) bond motifs is 1. The number of rotatable bonds is 2. The van der Waals surface area contributed by atoms with Crippen LogP contribution in [0, 0.1) is 5.82 Å². The van der Waals surface area contributed by atoms with Crippen LogP contribution in [0.1, 0.15) is 0 Å². The van der Waals surface area contributed by atoms with E-state index in [-0.39, 0.29) is 16.5 Å². The fourth-order valence-corrected chi connectivity index (χ4v) is 2.58. The first-order valence-corrected chi connectivity index (χ1v) is 7.22. The quantitative estimate of drug-likeness (QED) is 0.607. The molecule has 0 N–H and O–H groups in total. The second kappa shape index (κ2) is 5.58. The highest BCUT2D eigenvalue weighted by Crippen LogP contribution is 2.29. The Bertz CT molecular complexity index is 841. The molecule has 0 saturated carbocycles. The summed E-state index contributed by atoms with van der Waals surface area (Å²) in [5.41, 5.74) is 0.936. The summed E-state index contributed by atoms with van der Waals surface area (Å²) < 4.78 is 20.0. The first-order chi connectivity index (χ1) is 10.1. The number of benzene rings is 2. The van der Waals surface area contributed by atoms with Gasteiger partial charge in [0.05, 0.1) is 18.2 Å². The van der Waals surface area contributed by atoms with Crippen molar-refractivity contribution in [3.8, 4) is 17.1 Å².